The van der Waals surface area contributed by atoms with E-state index in [1.807, 2.05) is 0 Å². The van der Waals surface area contributed by atoms with Gasteiger partial charge in [0.25, 0.3) is 0 Å². The second-order valence-corrected chi connectivity index (χ2v) is 1.75. The summed E-state index contributed by atoms with van der Waals surface area (Å²) in [6, 6.07) is -1.08. The van der Waals surface area contributed by atoms with E-state index in [9.17, 15) is 4.79 Å². The maximum absolute atomic E-state index is 10.2. The van der Waals surface area contributed by atoms with Crippen molar-refractivity contribution < 1.29 is 15.1 Å². The monoisotopic (exact) mass is 134 g/mol. The Morgan fingerprint density at radius 2 is 2.22 bits per heavy atom. The number of aliphatic hydroxyl groups excluding tert-OH is 1. The van der Waals surface area contributed by atoms with Gasteiger partial charge in [-0.25, -0.2) is 0 Å². The van der Waals surface area contributed by atoms with E-state index in [-0.39, 0.29) is 0 Å². The number of nitrogens with two attached hydrogens (primary N) is 1. The fourth-order valence-corrected chi connectivity index (χ4v) is 0.409. The molecule has 0 aliphatic rings. The summed E-state index contributed by atoms with van der Waals surface area (Å²) in [7, 11) is 0. The summed E-state index contributed by atoms with van der Waals surface area (Å²) in [6.07, 6.45) is -0.979. The third kappa shape index (κ3) is 2.41. The Morgan fingerprint density at radius 1 is 1.78 bits per heavy atom. The molecule has 0 saturated carbocycles. The van der Waals surface area contributed by atoms with Crippen molar-refractivity contribution in [2.24, 2.45) is 5.73 Å². The van der Waals surface area contributed by atoms with Crippen LogP contribution in [0.15, 0.2) is 0 Å². The Labute approximate surface area is 52.4 Å². The standard InChI is InChI=1S/C4H10N2O3/c1-2(7)3(6-9)4(5)8/h2-3,6-7,9H,1H3,(H2,5,8)/t2-,3+/m1/s1. The van der Waals surface area contributed by atoms with E-state index in [1.165, 1.54) is 6.92 Å². The summed E-state index contributed by atoms with van der Waals surface area (Å²) >= 11 is 0. The van der Waals surface area contributed by atoms with Crippen molar-refractivity contribution in [3.05, 3.63) is 0 Å². The number of amides is 1. The van der Waals surface area contributed by atoms with Crippen LogP contribution < -0.4 is 11.2 Å². The van der Waals surface area contributed by atoms with Gasteiger partial charge in [0.05, 0.1) is 6.10 Å². The van der Waals surface area contributed by atoms with Gasteiger partial charge in [-0.3, -0.25) is 4.79 Å². The van der Waals surface area contributed by atoms with E-state index in [0.717, 1.165) is 0 Å². The second kappa shape index (κ2) is 3.39. The smallest absolute Gasteiger partial charge is 0.239 e. The van der Waals surface area contributed by atoms with E-state index in [4.69, 9.17) is 16.0 Å². The predicted molar refractivity (Wildman–Crippen MR) is 29.6 cm³/mol. The molecule has 0 saturated heterocycles. The van der Waals surface area contributed by atoms with Gasteiger partial charge in [0.15, 0.2) is 0 Å². The first-order valence-corrected chi connectivity index (χ1v) is 2.46. The number of rotatable bonds is 3. The normalized spacial score (nSPS) is 16.8. The van der Waals surface area contributed by atoms with Crippen LogP contribution in [0.3, 0.4) is 0 Å². The number of carbonyl (C=O) groups is 1. The summed E-state index contributed by atoms with van der Waals surface area (Å²) in [5.74, 6) is -0.785. The summed E-state index contributed by atoms with van der Waals surface area (Å²) in [5.41, 5.74) is 6.30. The van der Waals surface area contributed by atoms with Gasteiger partial charge in [0.1, 0.15) is 6.04 Å². The molecule has 0 aliphatic heterocycles. The van der Waals surface area contributed by atoms with Crippen LogP contribution in [0.1, 0.15) is 6.92 Å². The summed E-state index contributed by atoms with van der Waals surface area (Å²) in [4.78, 5) is 10.2. The highest BCUT2D eigenvalue weighted by atomic mass is 16.5. The molecule has 0 aromatic heterocycles. The quantitative estimate of drug-likeness (QED) is 0.342. The average molecular weight is 134 g/mol. The average Bonchev–Trinajstić information content (AvgIpc) is 1.64. The molecule has 0 heterocycles. The van der Waals surface area contributed by atoms with Gasteiger partial charge < -0.3 is 16.0 Å². The zero-order chi connectivity index (χ0) is 7.44. The zero-order valence-corrected chi connectivity index (χ0v) is 5.03. The van der Waals surface area contributed by atoms with Gasteiger partial charge in [0.2, 0.25) is 5.91 Å². The minimum atomic E-state index is -1.08. The Morgan fingerprint density at radius 3 is 2.22 bits per heavy atom. The SMILES string of the molecule is C[C@@H](O)[C@H](NO)C(N)=O. The number of aliphatic hydroxyl groups is 1. The molecule has 0 fully saturated rings. The van der Waals surface area contributed by atoms with E-state index in [2.05, 4.69) is 0 Å². The van der Waals surface area contributed by atoms with Crippen LogP contribution in [0.25, 0.3) is 0 Å². The molecule has 5 nitrogen and oxygen atoms in total. The lowest BCUT2D eigenvalue weighted by Crippen LogP contribution is -2.46. The topological polar surface area (TPSA) is 95.6 Å². The van der Waals surface area contributed by atoms with Crippen molar-refractivity contribution in [1.82, 2.24) is 5.48 Å². The minimum absolute atomic E-state index is 0.785. The lowest BCUT2D eigenvalue weighted by molar-refractivity contribution is -0.125. The predicted octanol–water partition coefficient (Wildman–Crippen LogP) is -1.80. The number of hydroxylamine groups is 1. The fourth-order valence-electron chi connectivity index (χ4n) is 0.409. The Bertz CT molecular complexity index is 104. The van der Waals surface area contributed by atoms with Crippen molar-refractivity contribution in [3.63, 3.8) is 0 Å². The highest BCUT2D eigenvalue weighted by Gasteiger charge is 2.18. The van der Waals surface area contributed by atoms with Crippen molar-refractivity contribution >= 4 is 5.91 Å². The fraction of sp³-hybridized carbons (Fsp3) is 0.750. The maximum atomic E-state index is 10.2. The van der Waals surface area contributed by atoms with Gasteiger partial charge in [0, 0.05) is 0 Å². The molecule has 5 N–H and O–H groups in total. The first-order valence-electron chi connectivity index (χ1n) is 2.46. The lowest BCUT2D eigenvalue weighted by atomic mass is 10.2. The molecular formula is C4H10N2O3. The molecule has 0 aromatic carbocycles. The third-order valence-electron chi connectivity index (χ3n) is 0.928. The van der Waals surface area contributed by atoms with Crippen molar-refractivity contribution in [1.29, 1.82) is 0 Å². The summed E-state index contributed by atoms with van der Waals surface area (Å²) in [6.45, 7) is 1.35. The zero-order valence-electron chi connectivity index (χ0n) is 5.03. The number of nitrogens with one attached hydrogen (secondary N) is 1. The van der Waals surface area contributed by atoms with Gasteiger partial charge >= 0.3 is 0 Å². The van der Waals surface area contributed by atoms with Crippen LogP contribution in [0.2, 0.25) is 0 Å². The van der Waals surface area contributed by atoms with Crippen molar-refractivity contribution in [2.45, 2.75) is 19.1 Å². The van der Waals surface area contributed by atoms with Crippen molar-refractivity contribution in [3.8, 4) is 0 Å². The maximum Gasteiger partial charge on any atom is 0.239 e. The van der Waals surface area contributed by atoms with Crippen LogP contribution >= 0.6 is 0 Å². The highest BCUT2D eigenvalue weighted by Crippen LogP contribution is 1.88. The molecule has 2 atom stereocenters. The first kappa shape index (κ1) is 8.35. The molecule has 0 rings (SSSR count). The molecular weight excluding hydrogens is 124 g/mol. The molecule has 54 valence electrons. The van der Waals surface area contributed by atoms with Gasteiger partial charge in [-0.05, 0) is 6.92 Å². The van der Waals surface area contributed by atoms with E-state index in [1.54, 1.807) is 5.48 Å². The second-order valence-electron chi connectivity index (χ2n) is 1.75. The molecule has 0 bridgehead atoms. The van der Waals surface area contributed by atoms with Crippen LogP contribution in [-0.4, -0.2) is 28.4 Å². The number of primary amides is 1. The van der Waals surface area contributed by atoms with E-state index in [0.29, 0.717) is 0 Å². The molecule has 0 radical (unpaired) electrons. The number of carbonyl (C=O) groups excluding carboxylic acids is 1. The molecule has 0 aromatic rings. The third-order valence-corrected chi connectivity index (χ3v) is 0.928. The van der Waals surface area contributed by atoms with Crippen LogP contribution in [0.4, 0.5) is 0 Å². The summed E-state index contributed by atoms with van der Waals surface area (Å²) in [5, 5.41) is 16.8. The highest BCUT2D eigenvalue weighted by molar-refractivity contribution is 5.80. The van der Waals surface area contributed by atoms with Crippen LogP contribution in [-0.2, 0) is 4.79 Å². The van der Waals surface area contributed by atoms with Gasteiger partial charge in [-0.15, -0.1) is 0 Å². The summed E-state index contributed by atoms with van der Waals surface area (Å²) < 4.78 is 0. The van der Waals surface area contributed by atoms with Crippen LogP contribution in [0.5, 0.6) is 0 Å². The molecule has 0 unspecified atom stereocenters. The Kier molecular flexibility index (Phi) is 3.15. The Balaban J connectivity index is 3.83. The van der Waals surface area contributed by atoms with Crippen LogP contribution in [0, 0.1) is 0 Å². The largest absolute Gasteiger partial charge is 0.391 e. The Hall–Kier alpha value is -0.650. The molecule has 0 aliphatic carbocycles. The number of hydrogen-bond donors (Lipinski definition) is 4. The van der Waals surface area contributed by atoms with E-state index >= 15 is 0 Å². The van der Waals surface area contributed by atoms with Gasteiger partial charge in [-0.1, -0.05) is 0 Å². The van der Waals surface area contributed by atoms with E-state index < -0.39 is 18.1 Å². The van der Waals surface area contributed by atoms with Crippen molar-refractivity contribution in [2.75, 3.05) is 0 Å². The number of hydrogen-bond acceptors (Lipinski definition) is 4. The lowest BCUT2D eigenvalue weighted by Gasteiger charge is -2.12. The molecule has 1 amide bonds. The molecule has 0 spiro atoms. The first-order chi connectivity index (χ1) is 4.09. The minimum Gasteiger partial charge on any atom is -0.391 e. The molecule has 5 heteroatoms. The molecule has 9 heavy (non-hydrogen) atoms. The van der Waals surface area contributed by atoms with Gasteiger partial charge in [-0.2, -0.15) is 5.48 Å².